The van der Waals surface area contributed by atoms with Crippen LogP contribution in [0.15, 0.2) is 54.3 Å². The van der Waals surface area contributed by atoms with Crippen LogP contribution in [0.1, 0.15) is 23.1 Å². The lowest BCUT2D eigenvalue weighted by atomic mass is 10.0. The summed E-state index contributed by atoms with van der Waals surface area (Å²) >= 11 is 0. The predicted octanol–water partition coefficient (Wildman–Crippen LogP) is 4.04. The fourth-order valence-electron chi connectivity index (χ4n) is 2.85. The van der Waals surface area contributed by atoms with E-state index in [0.717, 1.165) is 27.8 Å². The third-order valence-corrected chi connectivity index (χ3v) is 3.76. The molecule has 102 valence electrons. The van der Waals surface area contributed by atoms with Gasteiger partial charge in [0.1, 0.15) is 11.6 Å². The Labute approximate surface area is 121 Å². The number of rotatable bonds is 1. The molecule has 2 aromatic rings. The van der Waals surface area contributed by atoms with Crippen LogP contribution < -0.4 is 0 Å². The van der Waals surface area contributed by atoms with Gasteiger partial charge in [-0.1, -0.05) is 36.4 Å². The van der Waals surface area contributed by atoms with Gasteiger partial charge in [0.2, 0.25) is 0 Å². The second-order valence-corrected chi connectivity index (χ2v) is 5.12. The summed E-state index contributed by atoms with van der Waals surface area (Å²) in [5.41, 5.74) is 4.32. The molecule has 1 heterocycles. The summed E-state index contributed by atoms with van der Waals surface area (Å²) < 4.78 is 18.8. The van der Waals surface area contributed by atoms with E-state index in [0.29, 0.717) is 5.76 Å². The lowest BCUT2D eigenvalue weighted by molar-refractivity contribution is -0.135. The number of ether oxygens (including phenoxy) is 1. The first-order valence-electron chi connectivity index (χ1n) is 6.73. The molecule has 0 aromatic heterocycles. The molecule has 0 atom stereocenters. The van der Waals surface area contributed by atoms with Crippen molar-refractivity contribution in [3.05, 3.63) is 76.8 Å². The molecule has 0 spiro atoms. The summed E-state index contributed by atoms with van der Waals surface area (Å²) in [4.78, 5) is 11.6. The molecule has 0 saturated heterocycles. The Morgan fingerprint density at radius 3 is 2.67 bits per heavy atom. The molecule has 4 rings (SSSR count). The van der Waals surface area contributed by atoms with E-state index < -0.39 is 0 Å². The first kappa shape index (κ1) is 12.1. The van der Waals surface area contributed by atoms with Crippen molar-refractivity contribution in [1.29, 1.82) is 0 Å². The molecule has 0 unspecified atom stereocenters. The Hall–Kier alpha value is -2.68. The van der Waals surface area contributed by atoms with Gasteiger partial charge in [-0.05, 0) is 34.9 Å². The lowest BCUT2D eigenvalue weighted by Crippen LogP contribution is -1.98. The van der Waals surface area contributed by atoms with Gasteiger partial charge in [-0.2, -0.15) is 0 Å². The fraction of sp³-hybridized carbons (Fsp3) is 0.0556. The highest BCUT2D eigenvalue weighted by molar-refractivity contribution is 6.10. The van der Waals surface area contributed by atoms with Crippen LogP contribution >= 0.6 is 0 Å². The molecule has 0 fully saturated rings. The van der Waals surface area contributed by atoms with Crippen molar-refractivity contribution < 1.29 is 13.9 Å². The van der Waals surface area contributed by atoms with E-state index in [4.69, 9.17) is 4.74 Å². The average molecular weight is 278 g/mol. The van der Waals surface area contributed by atoms with Crippen molar-refractivity contribution in [3.8, 4) is 0 Å². The quantitative estimate of drug-likeness (QED) is 0.736. The van der Waals surface area contributed by atoms with Crippen molar-refractivity contribution >= 4 is 23.2 Å². The number of carbonyl (C=O) groups is 1. The number of carbonyl (C=O) groups excluding carboxylic acids is 1. The van der Waals surface area contributed by atoms with Gasteiger partial charge in [0, 0.05) is 11.1 Å². The summed E-state index contributed by atoms with van der Waals surface area (Å²) in [5, 5.41) is 0. The van der Waals surface area contributed by atoms with Gasteiger partial charge in [-0.3, -0.25) is 4.79 Å². The van der Waals surface area contributed by atoms with Crippen LogP contribution in [0.3, 0.4) is 0 Å². The zero-order valence-electron chi connectivity index (χ0n) is 11.1. The molecule has 1 aliphatic carbocycles. The molecular weight excluding hydrogens is 267 g/mol. The third-order valence-electron chi connectivity index (χ3n) is 3.76. The molecule has 1 aliphatic heterocycles. The molecule has 2 nitrogen and oxygen atoms in total. The molecule has 21 heavy (non-hydrogen) atoms. The van der Waals surface area contributed by atoms with Crippen molar-refractivity contribution in [2.24, 2.45) is 0 Å². The molecule has 0 saturated carbocycles. The molecule has 3 heteroatoms. The standard InChI is InChI=1S/C18H11FO2/c19-12-6-7-13-14(9-12)16-10-17(20)21-18(16)15(13)8-11-4-2-1-3-5-11/h1-9H,10H2/b15-8+. The van der Waals surface area contributed by atoms with Gasteiger partial charge in [-0.25, -0.2) is 4.39 Å². The first-order valence-corrected chi connectivity index (χ1v) is 6.73. The van der Waals surface area contributed by atoms with Gasteiger partial charge < -0.3 is 4.74 Å². The van der Waals surface area contributed by atoms with E-state index in [9.17, 15) is 9.18 Å². The first-order chi connectivity index (χ1) is 10.2. The highest BCUT2D eigenvalue weighted by Crippen LogP contribution is 2.47. The minimum atomic E-state index is -0.305. The van der Waals surface area contributed by atoms with Crippen LogP contribution in [-0.2, 0) is 9.53 Å². The normalized spacial score (nSPS) is 18.0. The van der Waals surface area contributed by atoms with Crippen molar-refractivity contribution in [2.75, 3.05) is 0 Å². The predicted molar refractivity (Wildman–Crippen MR) is 78.3 cm³/mol. The lowest BCUT2D eigenvalue weighted by Gasteiger charge is -2.07. The maximum absolute atomic E-state index is 13.5. The van der Waals surface area contributed by atoms with Crippen LogP contribution in [0.4, 0.5) is 4.39 Å². The van der Waals surface area contributed by atoms with Gasteiger partial charge in [-0.15, -0.1) is 0 Å². The summed E-state index contributed by atoms with van der Waals surface area (Å²) in [6, 6.07) is 14.4. The summed E-state index contributed by atoms with van der Waals surface area (Å²) in [5.74, 6) is -0.0146. The topological polar surface area (TPSA) is 26.3 Å². The van der Waals surface area contributed by atoms with Gasteiger partial charge in [0.05, 0.1) is 6.42 Å². The minimum Gasteiger partial charge on any atom is -0.425 e. The van der Waals surface area contributed by atoms with Crippen molar-refractivity contribution in [1.82, 2.24) is 0 Å². The van der Waals surface area contributed by atoms with E-state index in [2.05, 4.69) is 0 Å². The zero-order chi connectivity index (χ0) is 14.4. The Morgan fingerprint density at radius 2 is 1.86 bits per heavy atom. The Kier molecular flexibility index (Phi) is 2.54. The van der Waals surface area contributed by atoms with E-state index in [1.54, 1.807) is 6.07 Å². The van der Waals surface area contributed by atoms with Gasteiger partial charge >= 0.3 is 5.97 Å². The number of hydrogen-bond donors (Lipinski definition) is 0. The Balaban J connectivity index is 1.92. The molecule has 0 radical (unpaired) electrons. The number of fused-ring (bicyclic) bond motifs is 2. The van der Waals surface area contributed by atoms with E-state index in [1.807, 2.05) is 36.4 Å². The Bertz CT molecular complexity index is 816. The van der Waals surface area contributed by atoms with Gasteiger partial charge in [0.25, 0.3) is 0 Å². The highest BCUT2D eigenvalue weighted by Gasteiger charge is 2.35. The SMILES string of the molecule is O=C1CC2=C(O1)/C(=C/c1ccccc1)c1ccc(F)cc12. The van der Waals surface area contributed by atoms with Crippen LogP contribution in [0.2, 0.25) is 0 Å². The van der Waals surface area contributed by atoms with E-state index >= 15 is 0 Å². The summed E-state index contributed by atoms with van der Waals surface area (Å²) in [6.07, 6.45) is 2.18. The fourth-order valence-corrected chi connectivity index (χ4v) is 2.85. The third kappa shape index (κ3) is 1.89. The number of halogens is 1. The second-order valence-electron chi connectivity index (χ2n) is 5.12. The Morgan fingerprint density at radius 1 is 1.05 bits per heavy atom. The largest absolute Gasteiger partial charge is 0.425 e. The molecule has 0 amide bonds. The second kappa shape index (κ2) is 4.42. The monoisotopic (exact) mass is 278 g/mol. The average Bonchev–Trinajstić information content (AvgIpc) is 2.98. The number of benzene rings is 2. The van der Waals surface area contributed by atoms with E-state index in [1.165, 1.54) is 12.1 Å². The minimum absolute atomic E-state index is 0.206. The number of esters is 1. The van der Waals surface area contributed by atoms with Crippen LogP contribution in [0.5, 0.6) is 0 Å². The van der Waals surface area contributed by atoms with Crippen LogP contribution in [0.25, 0.3) is 17.2 Å². The number of hydrogen-bond acceptors (Lipinski definition) is 2. The maximum Gasteiger partial charge on any atom is 0.315 e. The summed E-state index contributed by atoms with van der Waals surface area (Å²) in [6.45, 7) is 0. The van der Waals surface area contributed by atoms with Crippen molar-refractivity contribution in [2.45, 2.75) is 6.42 Å². The number of allylic oxidation sites excluding steroid dienone is 1. The van der Waals surface area contributed by atoms with Crippen LogP contribution in [-0.4, -0.2) is 5.97 Å². The molecule has 0 bridgehead atoms. The molecular formula is C18H11FO2. The summed E-state index contributed by atoms with van der Waals surface area (Å²) in [7, 11) is 0. The zero-order valence-corrected chi connectivity index (χ0v) is 11.1. The van der Waals surface area contributed by atoms with Crippen LogP contribution in [0, 0.1) is 5.82 Å². The van der Waals surface area contributed by atoms with E-state index in [-0.39, 0.29) is 18.2 Å². The highest BCUT2D eigenvalue weighted by atomic mass is 19.1. The molecule has 2 aromatic carbocycles. The smallest absolute Gasteiger partial charge is 0.315 e. The molecule has 0 N–H and O–H groups in total. The van der Waals surface area contributed by atoms with Crippen molar-refractivity contribution in [3.63, 3.8) is 0 Å². The molecule has 2 aliphatic rings. The maximum atomic E-state index is 13.5. The van der Waals surface area contributed by atoms with Gasteiger partial charge in [0.15, 0.2) is 0 Å².